The van der Waals surface area contributed by atoms with Crippen LogP contribution in [-0.2, 0) is 4.74 Å². The molecule has 1 aliphatic heterocycles. The van der Waals surface area contributed by atoms with E-state index in [2.05, 4.69) is 6.07 Å². The van der Waals surface area contributed by atoms with Crippen molar-refractivity contribution >= 4 is 0 Å². The smallest absolute Gasteiger partial charge is 0.0594 e. The Kier molecular flexibility index (Phi) is 2.78. The summed E-state index contributed by atoms with van der Waals surface area (Å²) in [6.07, 6.45) is 0. The summed E-state index contributed by atoms with van der Waals surface area (Å²) in [5.74, 6) is 0. The molecule has 0 spiro atoms. The first-order valence-corrected chi connectivity index (χ1v) is 5.19. The number of rotatable bonds is 3. The van der Waals surface area contributed by atoms with Crippen LogP contribution in [0.1, 0.15) is 17.2 Å². The molecule has 1 unspecified atom stereocenters. The molecule has 1 atom stereocenters. The Balaban J connectivity index is 2.23. The molecule has 1 saturated heterocycles. The van der Waals surface area contributed by atoms with Crippen LogP contribution in [0.4, 0.5) is 0 Å². The lowest BCUT2D eigenvalue weighted by Gasteiger charge is -2.44. The monoisotopic (exact) mass is 207 g/mol. The standard InChI is InChI=1S/C12H17NO2/c1-9-3-2-4-10(5-9)11(13)12(6-14)7-15-8-12/h2-5,11,14H,6-8,13H2,1H3. The molecule has 0 saturated carbocycles. The van der Waals surface area contributed by atoms with Gasteiger partial charge in [-0.25, -0.2) is 0 Å². The molecule has 1 fully saturated rings. The molecule has 3 nitrogen and oxygen atoms in total. The summed E-state index contributed by atoms with van der Waals surface area (Å²) < 4.78 is 5.16. The molecule has 3 N–H and O–H groups in total. The van der Waals surface area contributed by atoms with E-state index >= 15 is 0 Å². The van der Waals surface area contributed by atoms with Gasteiger partial charge in [0.15, 0.2) is 0 Å². The molecule has 0 aromatic heterocycles. The molecule has 15 heavy (non-hydrogen) atoms. The van der Waals surface area contributed by atoms with E-state index < -0.39 is 0 Å². The minimum absolute atomic E-state index is 0.0854. The van der Waals surface area contributed by atoms with Crippen molar-refractivity contribution in [1.82, 2.24) is 0 Å². The summed E-state index contributed by atoms with van der Waals surface area (Å²) >= 11 is 0. The van der Waals surface area contributed by atoms with E-state index in [1.807, 2.05) is 25.1 Å². The molecule has 3 heteroatoms. The summed E-state index contributed by atoms with van der Waals surface area (Å²) in [7, 11) is 0. The maximum Gasteiger partial charge on any atom is 0.0594 e. The Labute approximate surface area is 89.9 Å². The summed E-state index contributed by atoms with van der Waals surface area (Å²) in [5.41, 5.74) is 8.17. The van der Waals surface area contributed by atoms with Gasteiger partial charge in [-0.3, -0.25) is 0 Å². The molecule has 0 bridgehead atoms. The van der Waals surface area contributed by atoms with Gasteiger partial charge in [-0.15, -0.1) is 0 Å². The topological polar surface area (TPSA) is 55.5 Å². The van der Waals surface area contributed by atoms with Gasteiger partial charge in [-0.1, -0.05) is 29.8 Å². The van der Waals surface area contributed by atoms with Gasteiger partial charge in [0, 0.05) is 6.04 Å². The highest BCUT2D eigenvalue weighted by atomic mass is 16.5. The van der Waals surface area contributed by atoms with Gasteiger partial charge < -0.3 is 15.6 Å². The van der Waals surface area contributed by atoms with Gasteiger partial charge in [-0.2, -0.15) is 0 Å². The number of hydrogen-bond acceptors (Lipinski definition) is 3. The first kappa shape index (κ1) is 10.6. The van der Waals surface area contributed by atoms with E-state index in [0.717, 1.165) is 5.56 Å². The van der Waals surface area contributed by atoms with Crippen molar-refractivity contribution in [2.24, 2.45) is 11.1 Å². The summed E-state index contributed by atoms with van der Waals surface area (Å²) in [6.45, 7) is 3.23. The predicted molar refractivity (Wildman–Crippen MR) is 58.4 cm³/mol. The second-order valence-electron chi connectivity index (χ2n) is 4.41. The van der Waals surface area contributed by atoms with Crippen molar-refractivity contribution in [3.63, 3.8) is 0 Å². The zero-order valence-corrected chi connectivity index (χ0v) is 8.94. The number of aryl methyl sites for hydroxylation is 1. The van der Waals surface area contributed by atoms with Gasteiger partial charge in [-0.05, 0) is 12.5 Å². The van der Waals surface area contributed by atoms with Crippen molar-refractivity contribution in [1.29, 1.82) is 0 Å². The second kappa shape index (κ2) is 3.93. The SMILES string of the molecule is Cc1cccc(C(N)C2(CO)COC2)c1. The van der Waals surface area contributed by atoms with Crippen LogP contribution in [0, 0.1) is 12.3 Å². The zero-order chi connectivity index (χ0) is 10.9. The van der Waals surface area contributed by atoms with Crippen molar-refractivity contribution in [2.75, 3.05) is 19.8 Å². The fourth-order valence-corrected chi connectivity index (χ4v) is 1.95. The maximum absolute atomic E-state index is 9.38. The van der Waals surface area contributed by atoms with E-state index in [-0.39, 0.29) is 18.1 Å². The van der Waals surface area contributed by atoms with E-state index in [0.29, 0.717) is 13.2 Å². The first-order chi connectivity index (χ1) is 7.18. The maximum atomic E-state index is 9.38. The zero-order valence-electron chi connectivity index (χ0n) is 8.94. The Hall–Kier alpha value is -0.900. The quantitative estimate of drug-likeness (QED) is 0.777. The van der Waals surface area contributed by atoms with E-state index in [1.165, 1.54) is 5.56 Å². The van der Waals surface area contributed by atoms with Crippen LogP contribution < -0.4 is 5.73 Å². The van der Waals surface area contributed by atoms with Gasteiger partial charge in [0.1, 0.15) is 0 Å². The van der Waals surface area contributed by atoms with Crippen molar-refractivity contribution in [3.8, 4) is 0 Å². The Bertz CT molecular complexity index is 342. The van der Waals surface area contributed by atoms with Crippen LogP contribution >= 0.6 is 0 Å². The number of aliphatic hydroxyl groups excluding tert-OH is 1. The van der Waals surface area contributed by atoms with Crippen LogP contribution in [0.15, 0.2) is 24.3 Å². The highest BCUT2D eigenvalue weighted by Crippen LogP contribution is 2.38. The van der Waals surface area contributed by atoms with Crippen molar-refractivity contribution in [2.45, 2.75) is 13.0 Å². The summed E-state index contributed by atoms with van der Waals surface area (Å²) in [6, 6.07) is 7.97. The van der Waals surface area contributed by atoms with E-state index in [1.54, 1.807) is 0 Å². The van der Waals surface area contributed by atoms with Crippen molar-refractivity contribution in [3.05, 3.63) is 35.4 Å². The molecular formula is C12H17NO2. The molecular weight excluding hydrogens is 190 g/mol. The van der Waals surface area contributed by atoms with E-state index in [9.17, 15) is 5.11 Å². The number of benzene rings is 1. The van der Waals surface area contributed by atoms with Gasteiger partial charge in [0.05, 0.1) is 25.2 Å². The van der Waals surface area contributed by atoms with Crippen LogP contribution in [0.3, 0.4) is 0 Å². The van der Waals surface area contributed by atoms with Crippen LogP contribution in [0.25, 0.3) is 0 Å². The fourth-order valence-electron chi connectivity index (χ4n) is 1.95. The number of aliphatic hydroxyl groups is 1. The average molecular weight is 207 g/mol. The third kappa shape index (κ3) is 1.78. The lowest BCUT2D eigenvalue weighted by molar-refractivity contribution is -0.150. The van der Waals surface area contributed by atoms with Crippen LogP contribution in [-0.4, -0.2) is 24.9 Å². The Morgan fingerprint density at radius 1 is 1.53 bits per heavy atom. The number of hydrogen-bond donors (Lipinski definition) is 2. The molecule has 82 valence electrons. The Morgan fingerprint density at radius 3 is 2.73 bits per heavy atom. The fraction of sp³-hybridized carbons (Fsp3) is 0.500. The molecule has 2 rings (SSSR count). The molecule has 0 amide bonds. The molecule has 1 aliphatic rings. The molecule has 1 aromatic rings. The van der Waals surface area contributed by atoms with Crippen LogP contribution in [0.2, 0.25) is 0 Å². The molecule has 0 aliphatic carbocycles. The van der Waals surface area contributed by atoms with Crippen LogP contribution in [0.5, 0.6) is 0 Å². The number of nitrogens with two attached hydrogens (primary N) is 1. The predicted octanol–water partition coefficient (Wildman–Crippen LogP) is 1.00. The van der Waals surface area contributed by atoms with Crippen molar-refractivity contribution < 1.29 is 9.84 Å². The van der Waals surface area contributed by atoms with Gasteiger partial charge in [0.25, 0.3) is 0 Å². The van der Waals surface area contributed by atoms with Gasteiger partial charge in [0.2, 0.25) is 0 Å². The highest BCUT2D eigenvalue weighted by Gasteiger charge is 2.44. The lowest BCUT2D eigenvalue weighted by Crippen LogP contribution is -2.52. The third-order valence-corrected chi connectivity index (χ3v) is 3.15. The lowest BCUT2D eigenvalue weighted by atomic mass is 9.76. The normalized spacial score (nSPS) is 20.7. The largest absolute Gasteiger partial charge is 0.396 e. The molecule has 1 aromatic carbocycles. The van der Waals surface area contributed by atoms with Gasteiger partial charge >= 0.3 is 0 Å². The van der Waals surface area contributed by atoms with E-state index in [4.69, 9.17) is 10.5 Å². The molecule has 0 radical (unpaired) electrons. The minimum atomic E-state index is -0.270. The average Bonchev–Trinajstić information content (AvgIpc) is 2.17. The summed E-state index contributed by atoms with van der Waals surface area (Å²) in [5, 5.41) is 9.38. The highest BCUT2D eigenvalue weighted by molar-refractivity contribution is 5.27. The number of ether oxygens (including phenoxy) is 1. The third-order valence-electron chi connectivity index (χ3n) is 3.15. The first-order valence-electron chi connectivity index (χ1n) is 5.19. The Morgan fingerprint density at radius 2 is 2.27 bits per heavy atom. The minimum Gasteiger partial charge on any atom is -0.396 e. The summed E-state index contributed by atoms with van der Waals surface area (Å²) in [4.78, 5) is 0. The molecule has 1 heterocycles. The second-order valence-corrected chi connectivity index (χ2v) is 4.41.